The Hall–Kier alpha value is -0.790. The highest BCUT2D eigenvalue weighted by atomic mass is 16.5. The van der Waals surface area contributed by atoms with Gasteiger partial charge in [0.25, 0.3) is 0 Å². The van der Waals surface area contributed by atoms with Crippen LogP contribution in [0.25, 0.3) is 0 Å². The van der Waals surface area contributed by atoms with Gasteiger partial charge in [0, 0.05) is 0 Å². The average molecular weight is 319 g/mol. The van der Waals surface area contributed by atoms with E-state index >= 15 is 0 Å². The Balaban J connectivity index is 1.95. The van der Waals surface area contributed by atoms with Crippen LogP contribution >= 0.6 is 0 Å². The van der Waals surface area contributed by atoms with Crippen LogP contribution < -0.4 is 0 Å². The van der Waals surface area contributed by atoms with E-state index in [1.54, 1.807) is 18.3 Å². The van der Waals surface area contributed by atoms with Gasteiger partial charge in [-0.25, -0.2) is 0 Å². The highest BCUT2D eigenvalue weighted by Gasteiger charge is 2.56. The molecular formula is C21H34O2. The number of hydrogen-bond acceptors (Lipinski definition) is 2. The summed E-state index contributed by atoms with van der Waals surface area (Å²) in [5.74, 6) is 2.14. The Kier molecular flexibility index (Phi) is 4.40. The van der Waals surface area contributed by atoms with Crippen LogP contribution in [-0.4, -0.2) is 13.1 Å². The van der Waals surface area contributed by atoms with Crippen LogP contribution in [0.15, 0.2) is 11.1 Å². The number of methoxy groups -OCH3 is 1. The molecule has 1 fully saturated rings. The summed E-state index contributed by atoms with van der Waals surface area (Å²) in [7, 11) is 1.56. The average Bonchev–Trinajstić information content (AvgIpc) is 2.53. The number of allylic oxidation sites excluding steroid dienone is 2. The molecule has 0 aromatic heterocycles. The highest BCUT2D eigenvalue weighted by Crippen LogP contribution is 2.62. The Bertz CT molecular complexity index is 518. The number of rotatable bonds is 2. The lowest BCUT2D eigenvalue weighted by Crippen LogP contribution is -2.51. The molecule has 4 atom stereocenters. The van der Waals surface area contributed by atoms with Crippen LogP contribution in [0.2, 0.25) is 0 Å². The van der Waals surface area contributed by atoms with E-state index in [2.05, 4.69) is 27.7 Å². The van der Waals surface area contributed by atoms with Crippen LogP contribution in [-0.2, 0) is 9.53 Å². The van der Waals surface area contributed by atoms with Gasteiger partial charge < -0.3 is 4.74 Å². The fraction of sp³-hybridized carbons (Fsp3) is 0.857. The summed E-state index contributed by atoms with van der Waals surface area (Å²) in [6.45, 7) is 9.38. The standard InChI is InChI=1S/C21H34O2/c1-14(2)15-7-9-17-16(13-15)8-10-18-20(17,3)11-6-12-21(18,4)19(22)23-5/h14-15,18H,6-13H2,1-5H3/t15-,18-,20-,21-/m1/s1. The zero-order chi connectivity index (χ0) is 16.8. The van der Waals surface area contributed by atoms with Crippen LogP contribution in [0.3, 0.4) is 0 Å². The van der Waals surface area contributed by atoms with Crippen LogP contribution in [0, 0.1) is 28.6 Å². The molecule has 23 heavy (non-hydrogen) atoms. The number of esters is 1. The number of carbonyl (C=O) groups excluding carboxylic acids is 1. The summed E-state index contributed by atoms with van der Waals surface area (Å²) in [6, 6.07) is 0. The van der Waals surface area contributed by atoms with E-state index in [-0.39, 0.29) is 16.8 Å². The molecule has 0 aromatic carbocycles. The van der Waals surface area contributed by atoms with Gasteiger partial charge >= 0.3 is 5.97 Å². The van der Waals surface area contributed by atoms with Crippen molar-refractivity contribution in [3.8, 4) is 0 Å². The molecule has 3 aliphatic carbocycles. The summed E-state index contributed by atoms with van der Waals surface area (Å²) >= 11 is 0. The summed E-state index contributed by atoms with van der Waals surface area (Å²) in [5, 5.41) is 0. The van der Waals surface area contributed by atoms with Gasteiger partial charge in [0.15, 0.2) is 0 Å². The van der Waals surface area contributed by atoms with Crippen molar-refractivity contribution in [3.05, 3.63) is 11.1 Å². The lowest BCUT2D eigenvalue weighted by atomic mass is 9.48. The first-order chi connectivity index (χ1) is 10.8. The maximum Gasteiger partial charge on any atom is 0.311 e. The molecule has 1 saturated carbocycles. The molecule has 3 aliphatic rings. The zero-order valence-corrected chi connectivity index (χ0v) is 15.7. The van der Waals surface area contributed by atoms with Crippen molar-refractivity contribution in [2.75, 3.05) is 7.11 Å². The van der Waals surface area contributed by atoms with Crippen molar-refractivity contribution in [1.82, 2.24) is 0 Å². The molecule has 0 radical (unpaired) electrons. The number of carbonyl (C=O) groups is 1. The van der Waals surface area contributed by atoms with E-state index in [1.807, 2.05) is 0 Å². The molecule has 0 amide bonds. The topological polar surface area (TPSA) is 26.3 Å². The summed E-state index contributed by atoms with van der Waals surface area (Å²) < 4.78 is 5.22. The Morgan fingerprint density at radius 3 is 2.57 bits per heavy atom. The maximum absolute atomic E-state index is 12.5. The Morgan fingerprint density at radius 2 is 1.91 bits per heavy atom. The van der Waals surface area contributed by atoms with E-state index in [0.29, 0.717) is 5.92 Å². The molecule has 0 heterocycles. The Morgan fingerprint density at radius 1 is 1.17 bits per heavy atom. The molecule has 2 heteroatoms. The van der Waals surface area contributed by atoms with Gasteiger partial charge in [-0.3, -0.25) is 4.79 Å². The number of ether oxygens (including phenoxy) is 1. The molecule has 0 spiro atoms. The molecule has 0 aliphatic heterocycles. The van der Waals surface area contributed by atoms with Crippen molar-refractivity contribution in [2.24, 2.45) is 28.6 Å². The zero-order valence-electron chi connectivity index (χ0n) is 15.7. The van der Waals surface area contributed by atoms with E-state index in [4.69, 9.17) is 4.74 Å². The molecule has 0 N–H and O–H groups in total. The number of hydrogen-bond donors (Lipinski definition) is 0. The maximum atomic E-state index is 12.5. The molecule has 130 valence electrons. The van der Waals surface area contributed by atoms with Crippen molar-refractivity contribution in [3.63, 3.8) is 0 Å². The van der Waals surface area contributed by atoms with E-state index < -0.39 is 0 Å². The molecule has 3 rings (SSSR count). The van der Waals surface area contributed by atoms with Gasteiger partial charge in [-0.05, 0) is 75.0 Å². The molecule has 0 aromatic rings. The van der Waals surface area contributed by atoms with E-state index in [9.17, 15) is 4.79 Å². The predicted octanol–water partition coefficient (Wildman–Crippen LogP) is 5.52. The third-order valence-corrected chi connectivity index (χ3v) is 7.65. The van der Waals surface area contributed by atoms with Gasteiger partial charge in [0.05, 0.1) is 12.5 Å². The first-order valence-corrected chi connectivity index (χ1v) is 9.62. The van der Waals surface area contributed by atoms with Crippen molar-refractivity contribution >= 4 is 5.97 Å². The molecule has 0 saturated heterocycles. The highest BCUT2D eigenvalue weighted by molar-refractivity contribution is 5.77. The van der Waals surface area contributed by atoms with Crippen LogP contribution in [0.1, 0.15) is 79.1 Å². The van der Waals surface area contributed by atoms with Crippen molar-refractivity contribution in [1.29, 1.82) is 0 Å². The largest absolute Gasteiger partial charge is 0.469 e. The predicted molar refractivity (Wildman–Crippen MR) is 94.0 cm³/mol. The van der Waals surface area contributed by atoms with Crippen LogP contribution in [0.5, 0.6) is 0 Å². The molecule has 0 bridgehead atoms. The van der Waals surface area contributed by atoms with Gasteiger partial charge in [0.2, 0.25) is 0 Å². The monoisotopic (exact) mass is 318 g/mol. The second-order valence-corrected chi connectivity index (χ2v) is 9.10. The Labute approximate surface area is 142 Å². The van der Waals surface area contributed by atoms with Gasteiger partial charge in [-0.2, -0.15) is 0 Å². The number of fused-ring (bicyclic) bond motifs is 2. The van der Waals surface area contributed by atoms with Gasteiger partial charge in [-0.1, -0.05) is 38.3 Å². The molecular weight excluding hydrogens is 284 g/mol. The fourth-order valence-corrected chi connectivity index (χ4v) is 6.23. The smallest absolute Gasteiger partial charge is 0.311 e. The summed E-state index contributed by atoms with van der Waals surface area (Å²) in [4.78, 5) is 12.5. The molecule has 0 unspecified atom stereocenters. The fourth-order valence-electron chi connectivity index (χ4n) is 6.23. The quantitative estimate of drug-likeness (QED) is 0.495. The lowest BCUT2D eigenvalue weighted by molar-refractivity contribution is -0.163. The normalized spacial score (nSPS) is 40.6. The van der Waals surface area contributed by atoms with E-state index in [1.165, 1.54) is 38.5 Å². The van der Waals surface area contributed by atoms with Gasteiger partial charge in [-0.15, -0.1) is 0 Å². The minimum Gasteiger partial charge on any atom is -0.469 e. The third-order valence-electron chi connectivity index (χ3n) is 7.65. The minimum absolute atomic E-state index is 0.0216. The van der Waals surface area contributed by atoms with Gasteiger partial charge in [0.1, 0.15) is 0 Å². The lowest BCUT2D eigenvalue weighted by Gasteiger charge is -2.56. The second-order valence-electron chi connectivity index (χ2n) is 9.10. The summed E-state index contributed by atoms with van der Waals surface area (Å²) in [5.41, 5.74) is 3.44. The molecule has 2 nitrogen and oxygen atoms in total. The second kappa shape index (κ2) is 5.93. The van der Waals surface area contributed by atoms with Crippen molar-refractivity contribution in [2.45, 2.75) is 79.1 Å². The van der Waals surface area contributed by atoms with Crippen LogP contribution in [0.4, 0.5) is 0 Å². The first kappa shape index (κ1) is 17.0. The SMILES string of the molecule is COC(=O)[C@]1(C)CCC[C@]2(C)C3=C(CC[C@@H]12)C[C@H](C(C)C)CC3. The van der Waals surface area contributed by atoms with E-state index in [0.717, 1.165) is 24.7 Å². The summed E-state index contributed by atoms with van der Waals surface area (Å²) in [6.07, 6.45) is 9.72. The first-order valence-electron chi connectivity index (χ1n) is 9.62. The minimum atomic E-state index is -0.283. The third kappa shape index (κ3) is 2.57. The van der Waals surface area contributed by atoms with Crippen molar-refractivity contribution < 1.29 is 9.53 Å².